The van der Waals surface area contributed by atoms with Crippen molar-refractivity contribution in [2.75, 3.05) is 16.0 Å². The van der Waals surface area contributed by atoms with Gasteiger partial charge in [-0.25, -0.2) is 14.5 Å². The molecule has 10 heteroatoms. The number of ether oxygens (including phenoxy) is 1. The molecule has 0 aliphatic carbocycles. The molecule has 0 atom stereocenters. The minimum absolute atomic E-state index is 0.180. The van der Waals surface area contributed by atoms with Crippen LogP contribution in [-0.4, -0.2) is 30.9 Å². The number of carbonyl (C=O) groups excluding carboxylic acids is 1. The maximum Gasteiger partial charge on any atom is 0.324 e. The van der Waals surface area contributed by atoms with Crippen LogP contribution in [0.4, 0.5) is 27.9 Å². The van der Waals surface area contributed by atoms with Crippen LogP contribution in [0.1, 0.15) is 36.6 Å². The number of hydrogen-bond donors (Lipinski definition) is 4. The third-order valence-corrected chi connectivity index (χ3v) is 7.51. The zero-order valence-electron chi connectivity index (χ0n) is 25.9. The highest BCUT2D eigenvalue weighted by atomic mass is 16.5. The number of fused-ring (bicyclic) bond motifs is 1. The number of nitrogens with zero attached hydrogens (tertiary/aromatic N) is 4. The van der Waals surface area contributed by atoms with Gasteiger partial charge in [0.05, 0.1) is 17.1 Å². The van der Waals surface area contributed by atoms with Crippen molar-refractivity contribution >= 4 is 39.9 Å². The quantitative estimate of drug-likeness (QED) is 0.122. The van der Waals surface area contributed by atoms with Crippen LogP contribution in [0.3, 0.4) is 0 Å². The fraction of sp³-hybridized carbons (Fsp3) is 0.167. The number of unbranched alkanes of at least 4 members (excludes halogenated alkanes) is 1. The molecule has 2 amide bonds. The van der Waals surface area contributed by atoms with Crippen molar-refractivity contribution in [3.05, 3.63) is 114 Å². The van der Waals surface area contributed by atoms with E-state index >= 15 is 0 Å². The monoisotopic (exact) mass is 613 g/mol. The molecule has 4 aromatic carbocycles. The summed E-state index contributed by atoms with van der Waals surface area (Å²) in [6, 6.07) is 27.8. The molecule has 0 bridgehead atoms. The Hall–Kier alpha value is -5.90. The Labute approximate surface area is 267 Å². The van der Waals surface area contributed by atoms with E-state index in [0.717, 1.165) is 52.5 Å². The maximum atomic E-state index is 13.4. The van der Waals surface area contributed by atoms with Gasteiger partial charge in [0.15, 0.2) is 0 Å². The number of aromatic nitrogens is 4. The molecule has 6 aromatic rings. The van der Waals surface area contributed by atoms with Crippen LogP contribution in [0, 0.1) is 13.8 Å². The van der Waals surface area contributed by atoms with E-state index in [1.165, 1.54) is 0 Å². The molecule has 6 rings (SSSR count). The van der Waals surface area contributed by atoms with Gasteiger partial charge in [-0.15, -0.1) is 0 Å². The first-order valence-corrected chi connectivity index (χ1v) is 15.2. The standard InChI is InChI=1S/C36H35N7O3/c1-4-5-8-26-22-33(43(42-26)27-15-11-23(2)12-16-27)40-36(45)39-30-17-18-32(29-10-7-6-9-28(29)30)46-34-19-20-37-35(41-34)38-25-14-13-24(3)31(44)21-25/h6-7,9-22,44H,4-5,8H2,1-3H3,(H,37,38,41)(H2,39,40,45). The summed E-state index contributed by atoms with van der Waals surface area (Å²) in [6.45, 7) is 6.01. The third-order valence-electron chi connectivity index (χ3n) is 7.51. The summed E-state index contributed by atoms with van der Waals surface area (Å²) < 4.78 is 7.97. The SMILES string of the molecule is CCCCc1cc(NC(=O)Nc2ccc(Oc3ccnc(Nc4ccc(C)c(O)c4)n3)c3ccccc23)n(-c2ccc(C)cc2)n1. The number of rotatable bonds is 10. The van der Waals surface area contributed by atoms with Gasteiger partial charge >= 0.3 is 6.03 Å². The van der Waals surface area contributed by atoms with Gasteiger partial charge in [0.2, 0.25) is 11.8 Å². The molecule has 0 aliphatic rings. The number of carbonyl (C=O) groups is 1. The average Bonchev–Trinajstić information content (AvgIpc) is 3.45. The topological polar surface area (TPSA) is 126 Å². The Balaban J connectivity index is 1.21. The van der Waals surface area contributed by atoms with Crippen LogP contribution in [0.5, 0.6) is 17.4 Å². The van der Waals surface area contributed by atoms with Crippen LogP contribution in [0.2, 0.25) is 0 Å². The molecule has 0 fully saturated rings. The number of anilines is 4. The number of benzene rings is 4. The maximum absolute atomic E-state index is 13.4. The van der Waals surface area contributed by atoms with Crippen molar-refractivity contribution in [3.63, 3.8) is 0 Å². The van der Waals surface area contributed by atoms with Crippen molar-refractivity contribution in [3.8, 4) is 23.1 Å². The largest absolute Gasteiger partial charge is 0.508 e. The zero-order chi connectivity index (χ0) is 32.0. The lowest BCUT2D eigenvalue weighted by atomic mass is 10.1. The number of aryl methyl sites for hydroxylation is 3. The molecule has 46 heavy (non-hydrogen) atoms. The van der Waals surface area contributed by atoms with E-state index in [-0.39, 0.29) is 11.8 Å². The van der Waals surface area contributed by atoms with Crippen LogP contribution < -0.4 is 20.7 Å². The molecule has 0 aliphatic heterocycles. The van der Waals surface area contributed by atoms with Crippen molar-refractivity contribution < 1.29 is 14.6 Å². The molecule has 0 spiro atoms. The average molecular weight is 614 g/mol. The fourth-order valence-corrected chi connectivity index (χ4v) is 5.01. The number of aromatic hydroxyl groups is 1. The minimum Gasteiger partial charge on any atom is -0.508 e. The molecule has 2 heterocycles. The molecule has 0 saturated heterocycles. The lowest BCUT2D eigenvalue weighted by molar-refractivity contribution is 0.262. The van der Waals surface area contributed by atoms with E-state index in [0.29, 0.717) is 34.8 Å². The highest BCUT2D eigenvalue weighted by Gasteiger charge is 2.15. The minimum atomic E-state index is -0.386. The molecule has 10 nitrogen and oxygen atoms in total. The highest BCUT2D eigenvalue weighted by Crippen LogP contribution is 2.34. The van der Waals surface area contributed by atoms with E-state index in [4.69, 9.17) is 9.84 Å². The summed E-state index contributed by atoms with van der Waals surface area (Å²) in [7, 11) is 0. The van der Waals surface area contributed by atoms with E-state index < -0.39 is 0 Å². The Morgan fingerprint density at radius 1 is 0.913 bits per heavy atom. The van der Waals surface area contributed by atoms with E-state index in [9.17, 15) is 9.90 Å². The van der Waals surface area contributed by atoms with E-state index in [1.54, 1.807) is 35.1 Å². The number of urea groups is 1. The molecule has 4 N–H and O–H groups in total. The van der Waals surface area contributed by atoms with Crippen LogP contribution in [0.25, 0.3) is 16.5 Å². The summed E-state index contributed by atoms with van der Waals surface area (Å²) in [5, 5.41) is 25.5. The van der Waals surface area contributed by atoms with Gasteiger partial charge in [-0.05, 0) is 62.6 Å². The van der Waals surface area contributed by atoms with Crippen LogP contribution in [0.15, 0.2) is 97.2 Å². The summed E-state index contributed by atoms with van der Waals surface area (Å²) in [5.74, 6) is 1.99. The van der Waals surface area contributed by atoms with Crippen molar-refractivity contribution in [2.45, 2.75) is 40.0 Å². The smallest absolute Gasteiger partial charge is 0.324 e. The predicted octanol–water partition coefficient (Wildman–Crippen LogP) is 8.66. The lowest BCUT2D eigenvalue weighted by Gasteiger charge is -2.14. The Morgan fingerprint density at radius 2 is 1.72 bits per heavy atom. The van der Waals surface area contributed by atoms with Crippen LogP contribution in [-0.2, 0) is 6.42 Å². The number of phenols is 1. The molecule has 232 valence electrons. The summed E-state index contributed by atoms with van der Waals surface area (Å²) in [4.78, 5) is 22.1. The van der Waals surface area contributed by atoms with Crippen molar-refractivity contribution in [2.24, 2.45) is 0 Å². The Morgan fingerprint density at radius 3 is 2.50 bits per heavy atom. The highest BCUT2D eigenvalue weighted by molar-refractivity contribution is 6.07. The molecule has 2 aromatic heterocycles. The first kappa shape index (κ1) is 30.1. The second-order valence-corrected chi connectivity index (χ2v) is 11.1. The molecule has 0 saturated carbocycles. The first-order valence-electron chi connectivity index (χ1n) is 15.2. The summed E-state index contributed by atoms with van der Waals surface area (Å²) in [5.41, 5.74) is 4.99. The first-order chi connectivity index (χ1) is 22.4. The summed E-state index contributed by atoms with van der Waals surface area (Å²) >= 11 is 0. The Kier molecular flexibility index (Phi) is 8.78. The van der Waals surface area contributed by atoms with Gasteiger partial charge in [-0.1, -0.05) is 61.4 Å². The van der Waals surface area contributed by atoms with Crippen LogP contribution >= 0.6 is 0 Å². The number of nitrogens with one attached hydrogen (secondary N) is 3. The second kappa shape index (κ2) is 13.4. The number of phenolic OH excluding ortho intramolecular Hbond substituents is 1. The van der Waals surface area contributed by atoms with Crippen molar-refractivity contribution in [1.82, 2.24) is 19.7 Å². The van der Waals surface area contributed by atoms with Gasteiger partial charge < -0.3 is 20.5 Å². The van der Waals surface area contributed by atoms with Gasteiger partial charge in [0, 0.05) is 40.9 Å². The van der Waals surface area contributed by atoms with E-state index in [1.807, 2.05) is 80.6 Å². The molecule has 0 radical (unpaired) electrons. The van der Waals surface area contributed by atoms with Gasteiger partial charge in [-0.2, -0.15) is 10.1 Å². The normalized spacial score (nSPS) is 10.9. The zero-order valence-corrected chi connectivity index (χ0v) is 25.9. The molecule has 0 unspecified atom stereocenters. The number of hydrogen-bond acceptors (Lipinski definition) is 7. The molecular weight excluding hydrogens is 578 g/mol. The fourth-order valence-electron chi connectivity index (χ4n) is 5.01. The Bertz CT molecular complexity index is 2000. The van der Waals surface area contributed by atoms with Gasteiger partial charge in [0.1, 0.15) is 17.3 Å². The predicted molar refractivity (Wildman–Crippen MR) is 182 cm³/mol. The van der Waals surface area contributed by atoms with Gasteiger partial charge in [0.25, 0.3) is 0 Å². The van der Waals surface area contributed by atoms with Crippen molar-refractivity contribution in [1.29, 1.82) is 0 Å². The third kappa shape index (κ3) is 6.91. The lowest BCUT2D eigenvalue weighted by Crippen LogP contribution is -2.21. The van der Waals surface area contributed by atoms with E-state index in [2.05, 4.69) is 32.8 Å². The summed E-state index contributed by atoms with van der Waals surface area (Å²) in [6.07, 6.45) is 4.50. The molecular formula is C36H35N7O3. The number of amides is 2. The van der Waals surface area contributed by atoms with Gasteiger partial charge in [-0.3, -0.25) is 5.32 Å². The second-order valence-electron chi connectivity index (χ2n) is 11.1.